The van der Waals surface area contributed by atoms with Crippen LogP contribution in [0.2, 0.25) is 0 Å². The Morgan fingerprint density at radius 2 is 1.06 bits per heavy atom. The highest BCUT2D eigenvalue weighted by molar-refractivity contribution is 7.88. The third-order valence-corrected chi connectivity index (χ3v) is 8.82. The fourth-order valence-corrected chi connectivity index (χ4v) is 7.85. The fourth-order valence-electron chi connectivity index (χ4n) is 3.48. The molecule has 3 aromatic carbocycles. The van der Waals surface area contributed by atoms with Crippen molar-refractivity contribution in [1.29, 1.82) is 0 Å². The first kappa shape index (κ1) is 28.0. The molecule has 0 heterocycles. The standard InChI is InChI=1S/C22H23O7PS.CH2Cl2/c1-26-15-9-7-10-16(27-2)21(15)30(19-13-5-6-14-20(19)31(23,24)25)22-17(28-3)11-8-12-18(22)29-4;2-1-3/h5-14H,1-4H3,(H,23,24,25);1H2. The summed E-state index contributed by atoms with van der Waals surface area (Å²) in [5.41, 5.74) is 0. The number of methoxy groups -OCH3 is 4. The van der Waals surface area contributed by atoms with Crippen molar-refractivity contribution in [3.8, 4) is 23.0 Å². The second-order valence-electron chi connectivity index (χ2n) is 6.50. The topological polar surface area (TPSA) is 94.1 Å². The molecule has 0 unspecified atom stereocenters. The van der Waals surface area contributed by atoms with Crippen LogP contribution in [0.5, 0.6) is 23.0 Å². The maximum Gasteiger partial charge on any atom is 0.185 e. The van der Waals surface area contributed by atoms with Crippen LogP contribution in [0.3, 0.4) is 0 Å². The molecule has 3 rings (SSSR count). The van der Waals surface area contributed by atoms with Gasteiger partial charge in [0.05, 0.1) is 38.7 Å². The highest BCUT2D eigenvalue weighted by atomic mass is 35.5. The van der Waals surface area contributed by atoms with Gasteiger partial charge < -0.3 is 23.5 Å². The maximum absolute atomic E-state index is 12.2. The Labute approximate surface area is 211 Å². The van der Waals surface area contributed by atoms with Crippen molar-refractivity contribution in [2.45, 2.75) is 4.90 Å². The molecule has 0 amide bonds. The average Bonchev–Trinajstić information content (AvgIpc) is 2.84. The monoisotopic (exact) mass is 546 g/mol. The van der Waals surface area contributed by atoms with Gasteiger partial charge in [0.15, 0.2) is 33.6 Å². The van der Waals surface area contributed by atoms with E-state index in [4.69, 9.17) is 42.1 Å². The minimum Gasteiger partial charge on any atom is -0.744 e. The van der Waals surface area contributed by atoms with Gasteiger partial charge in [0, 0.05) is 0 Å². The first-order chi connectivity index (χ1) is 16.3. The summed E-state index contributed by atoms with van der Waals surface area (Å²) < 4.78 is 59.0. The first-order valence-corrected chi connectivity index (χ1v) is 13.7. The molecule has 0 radical (unpaired) electrons. The number of ether oxygens (including phenoxy) is 4. The van der Waals surface area contributed by atoms with Crippen molar-refractivity contribution in [1.82, 2.24) is 0 Å². The van der Waals surface area contributed by atoms with E-state index in [1.54, 1.807) is 48.5 Å². The molecule has 11 heteroatoms. The van der Waals surface area contributed by atoms with Crippen LogP contribution in [0, 0.1) is 0 Å². The van der Waals surface area contributed by atoms with Crippen LogP contribution in [0.1, 0.15) is 0 Å². The normalized spacial score (nSPS) is 10.8. The molecule has 184 valence electrons. The average molecular weight is 547 g/mol. The van der Waals surface area contributed by atoms with Gasteiger partial charge in [-0.25, -0.2) is 8.42 Å². The Morgan fingerprint density at radius 3 is 1.38 bits per heavy atom. The largest absolute Gasteiger partial charge is 0.744 e. The summed E-state index contributed by atoms with van der Waals surface area (Å²) in [6.45, 7) is 0. The maximum atomic E-state index is 12.2. The highest BCUT2D eigenvalue weighted by Crippen LogP contribution is 2.46. The van der Waals surface area contributed by atoms with Gasteiger partial charge in [0.25, 0.3) is 0 Å². The number of hydrogen-bond donors (Lipinski definition) is 0. The summed E-state index contributed by atoms with van der Waals surface area (Å²) in [7, 11) is -0.911. The minimum atomic E-state index is -4.76. The number of hydrogen-bond acceptors (Lipinski definition) is 7. The van der Waals surface area contributed by atoms with E-state index >= 15 is 0 Å². The zero-order chi connectivity index (χ0) is 25.3. The van der Waals surface area contributed by atoms with Crippen LogP contribution in [-0.4, -0.2) is 46.7 Å². The highest BCUT2D eigenvalue weighted by Gasteiger charge is 2.40. The van der Waals surface area contributed by atoms with E-state index in [0.717, 1.165) is 0 Å². The number of benzene rings is 3. The van der Waals surface area contributed by atoms with Crippen LogP contribution < -0.4 is 34.9 Å². The van der Waals surface area contributed by atoms with Crippen molar-refractivity contribution in [2.75, 3.05) is 33.8 Å². The number of rotatable bonds is 8. The molecule has 0 aliphatic heterocycles. The lowest BCUT2D eigenvalue weighted by molar-refractivity contribution is 0.399. The molecule has 7 nitrogen and oxygen atoms in total. The second-order valence-corrected chi connectivity index (χ2v) is 10.9. The lowest BCUT2D eigenvalue weighted by Gasteiger charge is -2.21. The van der Waals surface area contributed by atoms with Gasteiger partial charge in [0.1, 0.15) is 23.3 Å². The van der Waals surface area contributed by atoms with Crippen LogP contribution in [0.15, 0.2) is 65.6 Å². The molecule has 0 atom stereocenters. The van der Waals surface area contributed by atoms with E-state index in [1.165, 1.54) is 40.6 Å². The Bertz CT molecular complexity index is 1110. The molecule has 0 saturated heterocycles. The summed E-state index contributed by atoms with van der Waals surface area (Å²) in [6.07, 6.45) is 0. The predicted molar refractivity (Wildman–Crippen MR) is 137 cm³/mol. The molecule has 0 spiro atoms. The zero-order valence-electron chi connectivity index (χ0n) is 19.0. The van der Waals surface area contributed by atoms with Gasteiger partial charge in [-0.15, -0.1) is 23.2 Å². The SMILES string of the molecule is COc1cccc(OC)c1[PH+](c1ccccc1S(=O)(=O)[O-])c1c(OC)cccc1OC.ClCCl. The van der Waals surface area contributed by atoms with Gasteiger partial charge in [-0.1, -0.05) is 24.3 Å². The summed E-state index contributed by atoms with van der Waals surface area (Å²) in [5.74, 6) is 2.00. The third-order valence-electron chi connectivity index (χ3n) is 4.78. The number of alkyl halides is 2. The van der Waals surface area contributed by atoms with Gasteiger partial charge >= 0.3 is 0 Å². The lowest BCUT2D eigenvalue weighted by atomic mass is 10.3. The molecular formula is C23H25Cl2O7PS. The van der Waals surface area contributed by atoms with E-state index in [0.29, 0.717) is 38.9 Å². The Morgan fingerprint density at radius 1 is 0.706 bits per heavy atom. The quantitative estimate of drug-likeness (QED) is 0.242. The van der Waals surface area contributed by atoms with Crippen molar-refractivity contribution in [3.05, 3.63) is 60.7 Å². The van der Waals surface area contributed by atoms with Gasteiger partial charge in [-0.2, -0.15) is 0 Å². The Kier molecular flexibility index (Phi) is 10.7. The van der Waals surface area contributed by atoms with E-state index in [2.05, 4.69) is 0 Å². The first-order valence-electron chi connectivity index (χ1n) is 9.75. The zero-order valence-corrected chi connectivity index (χ0v) is 22.3. The Hall–Kier alpha value is -2.22. The summed E-state index contributed by atoms with van der Waals surface area (Å²) in [5, 5.41) is 1.82. The molecule has 34 heavy (non-hydrogen) atoms. The molecule has 3 aromatic rings. The van der Waals surface area contributed by atoms with Gasteiger partial charge in [-0.05, 0) is 36.4 Å². The minimum absolute atomic E-state index is 0.194. The summed E-state index contributed by atoms with van der Waals surface area (Å²) in [4.78, 5) is -0.301. The number of halogens is 2. The molecule has 0 fully saturated rings. The summed E-state index contributed by atoms with van der Waals surface area (Å²) in [6, 6.07) is 16.8. The molecule has 0 aliphatic carbocycles. The van der Waals surface area contributed by atoms with Crippen molar-refractivity contribution >= 4 is 57.2 Å². The Balaban J connectivity index is 0.00000129. The molecule has 0 bridgehead atoms. The van der Waals surface area contributed by atoms with Gasteiger partial charge in [-0.3, -0.25) is 0 Å². The van der Waals surface area contributed by atoms with Crippen molar-refractivity contribution in [2.24, 2.45) is 0 Å². The van der Waals surface area contributed by atoms with E-state index in [-0.39, 0.29) is 10.2 Å². The van der Waals surface area contributed by atoms with Crippen molar-refractivity contribution in [3.63, 3.8) is 0 Å². The third kappa shape index (κ3) is 6.26. The molecule has 0 aromatic heterocycles. The van der Waals surface area contributed by atoms with Crippen molar-refractivity contribution < 1.29 is 31.9 Å². The predicted octanol–water partition coefficient (Wildman–Crippen LogP) is 3.54. The van der Waals surface area contributed by atoms with Crippen LogP contribution in [0.4, 0.5) is 0 Å². The van der Waals surface area contributed by atoms with E-state index in [9.17, 15) is 13.0 Å². The molecular weight excluding hydrogens is 522 g/mol. The molecule has 0 N–H and O–H groups in total. The lowest BCUT2D eigenvalue weighted by Crippen LogP contribution is -2.28. The molecule has 0 aliphatic rings. The van der Waals surface area contributed by atoms with E-state index in [1.807, 2.05) is 0 Å². The summed E-state index contributed by atoms with van der Waals surface area (Å²) >= 11 is 9.53. The smallest absolute Gasteiger partial charge is 0.185 e. The van der Waals surface area contributed by atoms with E-state index < -0.39 is 18.0 Å². The second kappa shape index (κ2) is 13.0. The van der Waals surface area contributed by atoms with Crippen LogP contribution in [0.25, 0.3) is 0 Å². The fraction of sp³-hybridized carbons (Fsp3) is 0.217. The van der Waals surface area contributed by atoms with Gasteiger partial charge in [0.2, 0.25) is 0 Å². The van der Waals surface area contributed by atoms with Crippen LogP contribution in [-0.2, 0) is 10.1 Å². The molecule has 0 saturated carbocycles. The van der Waals surface area contributed by atoms with Crippen LogP contribution >= 0.6 is 31.1 Å².